The predicted octanol–water partition coefficient (Wildman–Crippen LogP) is 1.95. The average molecular weight is 280 g/mol. The monoisotopic (exact) mass is 280 g/mol. The first-order valence-corrected chi connectivity index (χ1v) is 6.75. The zero-order valence-corrected chi connectivity index (χ0v) is 12.7. The molecule has 0 aliphatic carbocycles. The summed E-state index contributed by atoms with van der Waals surface area (Å²) in [5.41, 5.74) is 5.69. The number of benzene rings is 1. The van der Waals surface area contributed by atoms with E-state index < -0.39 is 0 Å². The Labute approximate surface area is 120 Å². The average Bonchev–Trinajstić information content (AvgIpc) is 2.46. The summed E-state index contributed by atoms with van der Waals surface area (Å²) in [6.45, 7) is 4.53. The molecule has 1 amide bonds. The van der Waals surface area contributed by atoms with Crippen LogP contribution in [0.5, 0.6) is 11.5 Å². The largest absolute Gasteiger partial charge is 0.496 e. The van der Waals surface area contributed by atoms with Gasteiger partial charge in [0, 0.05) is 5.54 Å². The summed E-state index contributed by atoms with van der Waals surface area (Å²) in [6, 6.07) is 5.26. The number of amides is 1. The minimum atomic E-state index is -0.336. The second-order valence-electron chi connectivity index (χ2n) is 4.94. The van der Waals surface area contributed by atoms with Crippen LogP contribution in [0.25, 0.3) is 0 Å². The van der Waals surface area contributed by atoms with E-state index in [0.717, 1.165) is 6.42 Å². The van der Waals surface area contributed by atoms with E-state index in [1.54, 1.807) is 18.2 Å². The lowest BCUT2D eigenvalue weighted by molar-refractivity contribution is 0.0893. The Kier molecular flexibility index (Phi) is 5.82. The quantitative estimate of drug-likeness (QED) is 0.800. The number of carbonyl (C=O) groups is 1. The summed E-state index contributed by atoms with van der Waals surface area (Å²) >= 11 is 0. The molecule has 0 aliphatic heterocycles. The fourth-order valence-electron chi connectivity index (χ4n) is 2.06. The van der Waals surface area contributed by atoms with Crippen LogP contribution in [-0.2, 0) is 0 Å². The highest BCUT2D eigenvalue weighted by atomic mass is 16.5. The van der Waals surface area contributed by atoms with Crippen molar-refractivity contribution in [1.82, 2.24) is 5.32 Å². The van der Waals surface area contributed by atoms with Gasteiger partial charge in [-0.15, -0.1) is 0 Å². The normalized spacial score (nSPS) is 13.4. The maximum absolute atomic E-state index is 12.5. The van der Waals surface area contributed by atoms with Gasteiger partial charge in [0.2, 0.25) is 0 Å². The molecule has 0 heterocycles. The van der Waals surface area contributed by atoms with E-state index in [1.807, 2.05) is 13.8 Å². The fourth-order valence-corrected chi connectivity index (χ4v) is 2.06. The molecule has 1 aromatic rings. The van der Waals surface area contributed by atoms with Gasteiger partial charge < -0.3 is 20.5 Å². The predicted molar refractivity (Wildman–Crippen MR) is 79.4 cm³/mol. The van der Waals surface area contributed by atoms with Crippen molar-refractivity contribution in [2.45, 2.75) is 32.2 Å². The van der Waals surface area contributed by atoms with Gasteiger partial charge in [0.15, 0.2) is 0 Å². The van der Waals surface area contributed by atoms with Gasteiger partial charge in [-0.1, -0.05) is 13.0 Å². The van der Waals surface area contributed by atoms with E-state index in [1.165, 1.54) is 14.2 Å². The third kappa shape index (κ3) is 3.63. The molecule has 1 rings (SSSR count). The maximum Gasteiger partial charge on any atom is 0.259 e. The molecule has 20 heavy (non-hydrogen) atoms. The number of hydrogen-bond donors (Lipinski definition) is 2. The molecule has 0 aromatic heterocycles. The van der Waals surface area contributed by atoms with E-state index in [-0.39, 0.29) is 11.4 Å². The second kappa shape index (κ2) is 7.14. The third-order valence-corrected chi connectivity index (χ3v) is 3.55. The SMILES string of the molecule is CCC(C)(CCN)NC(=O)c1c(OC)cccc1OC. The Morgan fingerprint density at radius 3 is 2.25 bits per heavy atom. The van der Waals surface area contributed by atoms with Crippen LogP contribution in [0.1, 0.15) is 37.0 Å². The number of methoxy groups -OCH3 is 2. The summed E-state index contributed by atoms with van der Waals surface area (Å²) in [7, 11) is 3.06. The standard InChI is InChI=1S/C15H24N2O3/c1-5-15(2,9-10-16)17-14(18)13-11(19-3)7-6-8-12(13)20-4/h6-8H,5,9-10,16H2,1-4H3,(H,17,18). The molecule has 3 N–H and O–H groups in total. The number of nitrogens with two attached hydrogens (primary N) is 1. The van der Waals surface area contributed by atoms with Crippen molar-refractivity contribution < 1.29 is 14.3 Å². The summed E-state index contributed by atoms with van der Waals surface area (Å²) in [5.74, 6) is 0.776. The minimum Gasteiger partial charge on any atom is -0.496 e. The van der Waals surface area contributed by atoms with Gasteiger partial charge in [-0.2, -0.15) is 0 Å². The van der Waals surface area contributed by atoms with Crippen molar-refractivity contribution in [2.75, 3.05) is 20.8 Å². The van der Waals surface area contributed by atoms with Gasteiger partial charge in [-0.05, 0) is 38.4 Å². The summed E-state index contributed by atoms with van der Waals surface area (Å²) in [6.07, 6.45) is 1.51. The van der Waals surface area contributed by atoms with Crippen LogP contribution >= 0.6 is 0 Å². The van der Waals surface area contributed by atoms with Crippen LogP contribution in [0.2, 0.25) is 0 Å². The Morgan fingerprint density at radius 2 is 1.85 bits per heavy atom. The topological polar surface area (TPSA) is 73.6 Å². The molecule has 1 aromatic carbocycles. The van der Waals surface area contributed by atoms with Crippen LogP contribution in [0, 0.1) is 0 Å². The maximum atomic E-state index is 12.5. The number of hydrogen-bond acceptors (Lipinski definition) is 4. The molecule has 0 aliphatic rings. The Bertz CT molecular complexity index is 440. The zero-order chi connectivity index (χ0) is 15.2. The molecule has 0 spiro atoms. The zero-order valence-electron chi connectivity index (χ0n) is 12.7. The van der Waals surface area contributed by atoms with Gasteiger partial charge in [0.05, 0.1) is 14.2 Å². The number of nitrogens with one attached hydrogen (secondary N) is 1. The van der Waals surface area contributed by atoms with Gasteiger partial charge >= 0.3 is 0 Å². The molecule has 1 atom stereocenters. The molecule has 5 nitrogen and oxygen atoms in total. The molecule has 1 unspecified atom stereocenters. The van der Waals surface area contributed by atoms with Crippen LogP contribution in [0.3, 0.4) is 0 Å². The van der Waals surface area contributed by atoms with Gasteiger partial charge in [-0.25, -0.2) is 0 Å². The summed E-state index contributed by atoms with van der Waals surface area (Å²) in [4.78, 5) is 12.5. The Morgan fingerprint density at radius 1 is 1.30 bits per heavy atom. The molecule has 0 saturated carbocycles. The van der Waals surface area contributed by atoms with Crippen molar-refractivity contribution in [3.63, 3.8) is 0 Å². The first-order chi connectivity index (χ1) is 9.51. The first kappa shape index (κ1) is 16.3. The Balaban J connectivity index is 3.08. The van der Waals surface area contributed by atoms with E-state index in [0.29, 0.717) is 30.0 Å². The van der Waals surface area contributed by atoms with E-state index in [9.17, 15) is 4.79 Å². The molecule has 112 valence electrons. The fraction of sp³-hybridized carbons (Fsp3) is 0.533. The highest BCUT2D eigenvalue weighted by molar-refractivity contribution is 6.00. The Hall–Kier alpha value is -1.75. The molecule has 0 saturated heterocycles. The lowest BCUT2D eigenvalue weighted by Gasteiger charge is -2.29. The van der Waals surface area contributed by atoms with E-state index in [2.05, 4.69) is 5.32 Å². The van der Waals surface area contributed by atoms with Crippen molar-refractivity contribution in [3.8, 4) is 11.5 Å². The van der Waals surface area contributed by atoms with Crippen LogP contribution < -0.4 is 20.5 Å². The van der Waals surface area contributed by atoms with Gasteiger partial charge in [0.1, 0.15) is 17.1 Å². The number of ether oxygens (including phenoxy) is 2. The molecule has 5 heteroatoms. The van der Waals surface area contributed by atoms with Crippen LogP contribution in [0.15, 0.2) is 18.2 Å². The van der Waals surface area contributed by atoms with Crippen molar-refractivity contribution >= 4 is 5.91 Å². The highest BCUT2D eigenvalue weighted by Gasteiger charge is 2.27. The summed E-state index contributed by atoms with van der Waals surface area (Å²) < 4.78 is 10.5. The number of rotatable bonds is 7. The highest BCUT2D eigenvalue weighted by Crippen LogP contribution is 2.29. The van der Waals surface area contributed by atoms with Crippen molar-refractivity contribution in [2.24, 2.45) is 5.73 Å². The number of carbonyl (C=O) groups excluding carboxylic acids is 1. The smallest absolute Gasteiger partial charge is 0.259 e. The van der Waals surface area contributed by atoms with Crippen molar-refractivity contribution in [3.05, 3.63) is 23.8 Å². The third-order valence-electron chi connectivity index (χ3n) is 3.55. The molecule has 0 fully saturated rings. The van der Waals surface area contributed by atoms with Gasteiger partial charge in [-0.3, -0.25) is 4.79 Å². The molecular weight excluding hydrogens is 256 g/mol. The lowest BCUT2D eigenvalue weighted by atomic mass is 9.94. The minimum absolute atomic E-state index is 0.211. The molecule has 0 bridgehead atoms. The van der Waals surface area contributed by atoms with Crippen LogP contribution in [0.4, 0.5) is 0 Å². The molecule has 0 radical (unpaired) electrons. The first-order valence-electron chi connectivity index (χ1n) is 6.75. The van der Waals surface area contributed by atoms with Crippen molar-refractivity contribution in [1.29, 1.82) is 0 Å². The van der Waals surface area contributed by atoms with Crippen LogP contribution in [-0.4, -0.2) is 32.2 Å². The second-order valence-corrected chi connectivity index (χ2v) is 4.94. The lowest BCUT2D eigenvalue weighted by Crippen LogP contribution is -2.47. The summed E-state index contributed by atoms with van der Waals surface area (Å²) in [5, 5.41) is 3.03. The molecular formula is C15H24N2O3. The van der Waals surface area contributed by atoms with E-state index >= 15 is 0 Å². The van der Waals surface area contributed by atoms with E-state index in [4.69, 9.17) is 15.2 Å². The van der Waals surface area contributed by atoms with Gasteiger partial charge in [0.25, 0.3) is 5.91 Å².